The standard InChI is InChI=1S/C15H21NO4/c1-8-9(2)13-11(7-15(4,20-13)5-6-17)10(3)12(8)16-14(18)19/h16-17H,5-7H2,1-4H3,(H,18,19)/p-1. The second-order valence-corrected chi connectivity index (χ2v) is 5.67. The molecular formula is C15H20NO4-. The van der Waals surface area contributed by atoms with Gasteiger partial charge in [0.2, 0.25) is 0 Å². The SMILES string of the molecule is Cc1c(C)c2c(c(C)c1NC(=O)[O-])CC(C)(CCO)O2. The van der Waals surface area contributed by atoms with Crippen LogP contribution in [0.1, 0.15) is 35.6 Å². The summed E-state index contributed by atoms with van der Waals surface area (Å²) in [5.41, 5.74) is 3.80. The van der Waals surface area contributed by atoms with Crippen molar-refractivity contribution < 1.29 is 19.7 Å². The molecule has 0 aliphatic carbocycles. The zero-order chi connectivity index (χ0) is 15.1. The van der Waals surface area contributed by atoms with Gasteiger partial charge in [-0.1, -0.05) is 0 Å². The van der Waals surface area contributed by atoms with Crippen molar-refractivity contribution in [3.63, 3.8) is 0 Å². The first kappa shape index (κ1) is 14.7. The van der Waals surface area contributed by atoms with Gasteiger partial charge in [-0.3, -0.25) is 0 Å². The van der Waals surface area contributed by atoms with Crippen LogP contribution in [-0.4, -0.2) is 23.4 Å². The second-order valence-electron chi connectivity index (χ2n) is 5.67. The quantitative estimate of drug-likeness (QED) is 0.876. The van der Waals surface area contributed by atoms with E-state index in [1.807, 2.05) is 27.7 Å². The van der Waals surface area contributed by atoms with Crippen molar-refractivity contribution in [1.82, 2.24) is 0 Å². The molecule has 5 nitrogen and oxygen atoms in total. The minimum atomic E-state index is -1.31. The lowest BCUT2D eigenvalue weighted by atomic mass is 9.90. The van der Waals surface area contributed by atoms with Crippen LogP contribution in [0.2, 0.25) is 0 Å². The molecule has 5 heteroatoms. The van der Waals surface area contributed by atoms with Crippen molar-refractivity contribution in [1.29, 1.82) is 0 Å². The Kier molecular flexibility index (Phi) is 3.65. The molecule has 0 fully saturated rings. The summed E-state index contributed by atoms with van der Waals surface area (Å²) in [6, 6.07) is 0. The van der Waals surface area contributed by atoms with E-state index in [2.05, 4.69) is 5.32 Å². The number of fused-ring (bicyclic) bond motifs is 1. The molecule has 0 bridgehead atoms. The fourth-order valence-corrected chi connectivity index (χ4v) is 2.86. The predicted molar refractivity (Wildman–Crippen MR) is 74.1 cm³/mol. The number of rotatable bonds is 3. The fraction of sp³-hybridized carbons (Fsp3) is 0.533. The van der Waals surface area contributed by atoms with Crippen LogP contribution < -0.4 is 15.2 Å². The van der Waals surface area contributed by atoms with Gasteiger partial charge in [-0.15, -0.1) is 0 Å². The molecule has 2 N–H and O–H groups in total. The molecule has 1 amide bonds. The van der Waals surface area contributed by atoms with E-state index in [-0.39, 0.29) is 6.61 Å². The first-order valence-corrected chi connectivity index (χ1v) is 6.69. The molecule has 110 valence electrons. The van der Waals surface area contributed by atoms with Crippen molar-refractivity contribution in [3.05, 3.63) is 22.3 Å². The van der Waals surface area contributed by atoms with Crippen molar-refractivity contribution in [2.24, 2.45) is 0 Å². The van der Waals surface area contributed by atoms with Crippen LogP contribution >= 0.6 is 0 Å². The summed E-state index contributed by atoms with van der Waals surface area (Å²) >= 11 is 0. The van der Waals surface area contributed by atoms with Crippen molar-refractivity contribution >= 4 is 11.8 Å². The van der Waals surface area contributed by atoms with Gasteiger partial charge in [0, 0.05) is 30.7 Å². The molecule has 1 aromatic rings. The average molecular weight is 278 g/mol. The molecular weight excluding hydrogens is 258 g/mol. The van der Waals surface area contributed by atoms with Crippen LogP contribution in [0.25, 0.3) is 0 Å². The van der Waals surface area contributed by atoms with Crippen molar-refractivity contribution in [2.75, 3.05) is 11.9 Å². The number of hydrogen-bond donors (Lipinski definition) is 2. The summed E-state index contributed by atoms with van der Waals surface area (Å²) in [7, 11) is 0. The minimum Gasteiger partial charge on any atom is -0.530 e. The summed E-state index contributed by atoms with van der Waals surface area (Å²) in [6.07, 6.45) is -0.104. The van der Waals surface area contributed by atoms with E-state index in [1.165, 1.54) is 0 Å². The number of carbonyl (C=O) groups excluding carboxylic acids is 1. The lowest BCUT2D eigenvalue weighted by Crippen LogP contribution is -2.31. The monoisotopic (exact) mass is 278 g/mol. The Morgan fingerprint density at radius 2 is 2.00 bits per heavy atom. The van der Waals surface area contributed by atoms with Gasteiger partial charge in [0.05, 0.1) is 0 Å². The number of anilines is 1. The highest BCUT2D eigenvalue weighted by Gasteiger charge is 2.37. The molecule has 1 aromatic carbocycles. The van der Waals surface area contributed by atoms with Gasteiger partial charge in [0.1, 0.15) is 17.4 Å². The number of amides is 1. The normalized spacial score (nSPS) is 20.4. The van der Waals surface area contributed by atoms with Gasteiger partial charge in [-0.05, 0) is 44.4 Å². The van der Waals surface area contributed by atoms with E-state index in [4.69, 9.17) is 9.84 Å². The van der Waals surface area contributed by atoms with Crippen molar-refractivity contribution in [3.8, 4) is 5.75 Å². The Morgan fingerprint density at radius 1 is 1.35 bits per heavy atom. The first-order valence-electron chi connectivity index (χ1n) is 6.69. The first-order chi connectivity index (χ1) is 9.29. The molecule has 0 spiro atoms. The zero-order valence-electron chi connectivity index (χ0n) is 12.3. The van der Waals surface area contributed by atoms with Gasteiger partial charge in [0.25, 0.3) is 0 Å². The summed E-state index contributed by atoms with van der Waals surface area (Å²) in [5, 5.41) is 22.4. The Morgan fingerprint density at radius 3 is 2.55 bits per heavy atom. The number of aliphatic hydroxyl groups excluding tert-OH is 1. The van der Waals surface area contributed by atoms with E-state index in [0.717, 1.165) is 28.0 Å². The zero-order valence-corrected chi connectivity index (χ0v) is 12.3. The molecule has 0 saturated carbocycles. The molecule has 1 atom stereocenters. The lowest BCUT2D eigenvalue weighted by molar-refractivity contribution is -0.242. The number of aliphatic hydroxyl groups is 1. The Hall–Kier alpha value is -1.75. The topological polar surface area (TPSA) is 81.6 Å². The second kappa shape index (κ2) is 4.98. The summed E-state index contributed by atoms with van der Waals surface area (Å²) in [6.45, 7) is 7.68. The maximum Gasteiger partial charge on any atom is 0.138 e. The number of ether oxygens (including phenoxy) is 1. The molecule has 1 unspecified atom stereocenters. The summed E-state index contributed by atoms with van der Waals surface area (Å²) in [5.74, 6) is 0.819. The summed E-state index contributed by atoms with van der Waals surface area (Å²) in [4.78, 5) is 10.8. The van der Waals surface area contributed by atoms with Gasteiger partial charge in [-0.25, -0.2) is 0 Å². The number of nitrogens with one attached hydrogen (secondary N) is 1. The summed E-state index contributed by atoms with van der Waals surface area (Å²) < 4.78 is 6.04. The van der Waals surface area contributed by atoms with E-state index in [0.29, 0.717) is 18.5 Å². The Labute approximate surface area is 118 Å². The van der Waals surface area contributed by atoms with Crippen LogP contribution in [0, 0.1) is 20.8 Å². The largest absolute Gasteiger partial charge is 0.530 e. The van der Waals surface area contributed by atoms with Gasteiger partial charge in [0.15, 0.2) is 0 Å². The third-order valence-corrected chi connectivity index (χ3v) is 4.15. The van der Waals surface area contributed by atoms with Crippen molar-refractivity contribution in [2.45, 2.75) is 46.1 Å². The molecule has 0 radical (unpaired) electrons. The third kappa shape index (κ3) is 2.33. The highest BCUT2D eigenvalue weighted by Crippen LogP contribution is 2.45. The van der Waals surface area contributed by atoms with Crippen LogP contribution in [-0.2, 0) is 6.42 Å². The number of benzene rings is 1. The predicted octanol–water partition coefficient (Wildman–Crippen LogP) is 1.44. The molecule has 1 aliphatic rings. The third-order valence-electron chi connectivity index (χ3n) is 4.15. The van der Waals surface area contributed by atoms with E-state index >= 15 is 0 Å². The molecule has 1 heterocycles. The number of carbonyl (C=O) groups is 1. The molecule has 0 aromatic heterocycles. The highest BCUT2D eigenvalue weighted by atomic mass is 16.5. The highest BCUT2D eigenvalue weighted by molar-refractivity contribution is 5.85. The number of carboxylic acid groups (broad SMARTS) is 1. The fourth-order valence-electron chi connectivity index (χ4n) is 2.86. The van der Waals surface area contributed by atoms with Crippen LogP contribution in [0.4, 0.5) is 10.5 Å². The van der Waals surface area contributed by atoms with Crippen LogP contribution in [0.3, 0.4) is 0 Å². The Balaban J connectivity index is 2.52. The minimum absolute atomic E-state index is 0.0612. The number of hydrogen-bond acceptors (Lipinski definition) is 4. The van der Waals surface area contributed by atoms with Crippen LogP contribution in [0.5, 0.6) is 5.75 Å². The maximum atomic E-state index is 10.8. The molecule has 20 heavy (non-hydrogen) atoms. The van der Waals surface area contributed by atoms with Gasteiger partial charge in [-0.2, -0.15) is 0 Å². The molecule has 1 aliphatic heterocycles. The molecule has 2 rings (SSSR count). The van der Waals surface area contributed by atoms with Crippen LogP contribution in [0.15, 0.2) is 0 Å². The van der Waals surface area contributed by atoms with E-state index in [9.17, 15) is 9.90 Å². The molecule has 0 saturated heterocycles. The van der Waals surface area contributed by atoms with Gasteiger partial charge < -0.3 is 25.1 Å². The van der Waals surface area contributed by atoms with E-state index in [1.54, 1.807) is 0 Å². The maximum absolute atomic E-state index is 10.8. The average Bonchev–Trinajstić information content (AvgIpc) is 2.70. The van der Waals surface area contributed by atoms with E-state index < -0.39 is 11.7 Å². The lowest BCUT2D eigenvalue weighted by Gasteiger charge is -2.23. The Bertz CT molecular complexity index is 568. The smallest absolute Gasteiger partial charge is 0.138 e. The van der Waals surface area contributed by atoms with Gasteiger partial charge >= 0.3 is 0 Å².